The Kier molecular flexibility index (Phi) is 11.0. The monoisotopic (exact) mass is 795 g/mol. The standard InChI is InChI=1S/C45H53N3O8S/c1-7-31-23-45(31,43(52)47-57(53,54)33-16-17-33)24-39(49)38-20-32-25-48(38)42(51)35(44(4,5)6)21-41(50)55-26-27(2)12-11-15-30-19-34-37(18-28(30)3)46-36(22-40(34)56-32)29-13-9-8-10-14-29/h7-11,13-15,18-19,22,27,31-33,35,38H,1,12,16-17,20-21,23-26H2,2-6H3,(H,47,52)/b15-11+/t27?,31-,32-,35-,38+,45-/m1/s1. The molecule has 11 nitrogen and oxygen atoms in total. The Bertz CT molecular complexity index is 2240. The van der Waals surface area contributed by atoms with Crippen LogP contribution in [0.3, 0.4) is 0 Å². The van der Waals surface area contributed by atoms with Crippen molar-refractivity contribution in [3.05, 3.63) is 78.4 Å². The summed E-state index contributed by atoms with van der Waals surface area (Å²) in [5.74, 6) is -2.61. The Morgan fingerprint density at radius 3 is 2.51 bits per heavy atom. The Morgan fingerprint density at radius 1 is 1.11 bits per heavy atom. The van der Waals surface area contributed by atoms with Crippen LogP contribution < -0.4 is 9.46 Å². The molecule has 2 amide bonds. The first-order valence-electron chi connectivity index (χ1n) is 20.0. The highest BCUT2D eigenvalue weighted by Crippen LogP contribution is 2.57. The number of carbonyl (C=O) groups excluding carboxylic acids is 4. The van der Waals surface area contributed by atoms with Gasteiger partial charge in [0.1, 0.15) is 11.9 Å². The number of benzene rings is 2. The predicted molar refractivity (Wildman–Crippen MR) is 218 cm³/mol. The second-order valence-electron chi connectivity index (χ2n) is 17.6. The van der Waals surface area contributed by atoms with Crippen LogP contribution in [0.15, 0.2) is 67.3 Å². The number of rotatable bonds is 8. The number of hydrogen-bond acceptors (Lipinski definition) is 9. The number of amides is 2. The van der Waals surface area contributed by atoms with Gasteiger partial charge in [0.15, 0.2) is 5.78 Å². The van der Waals surface area contributed by atoms with Gasteiger partial charge in [0.05, 0.1) is 53.4 Å². The number of Topliss-reactive ketones (excluding diaryl/α,β-unsaturated/α-hetero) is 1. The lowest BCUT2D eigenvalue weighted by Crippen LogP contribution is -2.48. The fourth-order valence-corrected chi connectivity index (χ4v) is 9.62. The average molecular weight is 796 g/mol. The number of aryl methyl sites for hydroxylation is 1. The van der Waals surface area contributed by atoms with Crippen molar-refractivity contribution in [3.8, 4) is 17.0 Å². The van der Waals surface area contributed by atoms with Crippen molar-refractivity contribution < 1.29 is 37.1 Å². The zero-order chi connectivity index (χ0) is 40.9. The molecule has 2 aromatic carbocycles. The van der Waals surface area contributed by atoms with Gasteiger partial charge in [0.25, 0.3) is 0 Å². The molecule has 57 heavy (non-hydrogen) atoms. The van der Waals surface area contributed by atoms with Crippen LogP contribution in [0.25, 0.3) is 28.2 Å². The van der Waals surface area contributed by atoms with Gasteiger partial charge < -0.3 is 14.4 Å². The third-order valence-electron chi connectivity index (χ3n) is 12.1. The largest absolute Gasteiger partial charge is 0.488 e. The van der Waals surface area contributed by atoms with Crippen LogP contribution in [0.2, 0.25) is 0 Å². The van der Waals surface area contributed by atoms with Gasteiger partial charge in [-0.05, 0) is 73.1 Å². The molecule has 1 unspecified atom stereocenters. The maximum Gasteiger partial charge on any atom is 0.306 e. The molecule has 4 aliphatic rings. The van der Waals surface area contributed by atoms with Crippen LogP contribution in [0, 0.1) is 35.5 Å². The van der Waals surface area contributed by atoms with E-state index in [0.29, 0.717) is 30.7 Å². The lowest BCUT2D eigenvalue weighted by Gasteiger charge is -2.35. The molecule has 3 fully saturated rings. The van der Waals surface area contributed by atoms with Gasteiger partial charge in [-0.25, -0.2) is 13.4 Å². The number of esters is 1. The maximum absolute atomic E-state index is 14.8. The minimum atomic E-state index is -3.86. The number of ketones is 1. The van der Waals surface area contributed by atoms with Crippen molar-refractivity contribution in [2.24, 2.45) is 28.6 Å². The number of cyclic esters (lactones) is 1. The number of ether oxygens (including phenoxy) is 2. The van der Waals surface area contributed by atoms with E-state index < -0.39 is 62.0 Å². The Balaban J connectivity index is 1.29. The molecule has 0 spiro atoms. The first-order chi connectivity index (χ1) is 27.0. The van der Waals surface area contributed by atoms with Gasteiger partial charge in [0, 0.05) is 29.9 Å². The van der Waals surface area contributed by atoms with Crippen molar-refractivity contribution in [3.63, 3.8) is 0 Å². The Morgan fingerprint density at radius 2 is 1.84 bits per heavy atom. The molecule has 4 bridgehead atoms. The van der Waals surface area contributed by atoms with E-state index in [4.69, 9.17) is 14.5 Å². The van der Waals surface area contributed by atoms with E-state index in [0.717, 1.165) is 27.6 Å². The number of sulfonamides is 1. The molecule has 7 rings (SSSR count). The summed E-state index contributed by atoms with van der Waals surface area (Å²) in [5.41, 5.74) is 2.37. The lowest BCUT2D eigenvalue weighted by atomic mass is 9.77. The van der Waals surface area contributed by atoms with E-state index in [2.05, 4.69) is 23.5 Å². The van der Waals surface area contributed by atoms with Crippen molar-refractivity contribution in [2.45, 2.75) is 97.0 Å². The van der Waals surface area contributed by atoms with Gasteiger partial charge in [-0.2, -0.15) is 0 Å². The van der Waals surface area contributed by atoms with E-state index in [1.807, 2.05) is 83.1 Å². The fraction of sp³-hybridized carbons (Fsp3) is 0.489. The zero-order valence-corrected chi connectivity index (χ0v) is 34.3. The van der Waals surface area contributed by atoms with E-state index in [1.54, 1.807) is 6.08 Å². The number of aromatic nitrogens is 1. The van der Waals surface area contributed by atoms with Gasteiger partial charge >= 0.3 is 5.97 Å². The maximum atomic E-state index is 14.8. The molecule has 2 aliphatic carbocycles. The molecule has 1 N–H and O–H groups in total. The average Bonchev–Trinajstić information content (AvgIpc) is 4.09. The lowest BCUT2D eigenvalue weighted by molar-refractivity contribution is -0.154. The number of fused-ring (bicyclic) bond motifs is 3. The number of nitrogens with one attached hydrogen (secondary N) is 1. The molecular weight excluding hydrogens is 743 g/mol. The zero-order valence-electron chi connectivity index (χ0n) is 33.5. The molecule has 1 saturated heterocycles. The Labute approximate surface area is 335 Å². The van der Waals surface area contributed by atoms with E-state index in [1.165, 1.54) is 4.90 Å². The minimum absolute atomic E-state index is 0.0227. The third-order valence-corrected chi connectivity index (χ3v) is 13.9. The van der Waals surface area contributed by atoms with Crippen LogP contribution in [-0.4, -0.2) is 72.4 Å². The molecule has 0 radical (unpaired) electrons. The Hall–Kier alpha value is -4.84. The highest BCUT2D eigenvalue weighted by molar-refractivity contribution is 7.90. The third kappa shape index (κ3) is 8.56. The van der Waals surface area contributed by atoms with Crippen LogP contribution >= 0.6 is 0 Å². The topological polar surface area (TPSA) is 149 Å². The molecule has 6 atom stereocenters. The molecule has 2 aliphatic heterocycles. The SMILES string of the molecule is C=C[C@@H]1C[C@]1(CC(=O)[C@@H]1C[C@@H]2CN1C(=O)[C@H](C(C)(C)C)CC(=O)OCC(C)C/C=C/c1cc3c(cc(-c4ccccc4)nc3cc1C)O2)C(=O)NS(=O)(=O)C1CC1. The van der Waals surface area contributed by atoms with Gasteiger partial charge in [-0.3, -0.25) is 23.9 Å². The highest BCUT2D eigenvalue weighted by atomic mass is 32.2. The van der Waals surface area contributed by atoms with Crippen molar-refractivity contribution in [2.75, 3.05) is 13.2 Å². The van der Waals surface area contributed by atoms with Crippen LogP contribution in [0.5, 0.6) is 5.75 Å². The minimum Gasteiger partial charge on any atom is -0.488 e. The first-order valence-corrected chi connectivity index (χ1v) is 21.5. The van der Waals surface area contributed by atoms with Crippen LogP contribution in [-0.2, 0) is 33.9 Å². The molecule has 1 aromatic heterocycles. The summed E-state index contributed by atoms with van der Waals surface area (Å²) in [7, 11) is -3.86. The second kappa shape index (κ2) is 15.5. The molecule has 3 heterocycles. The van der Waals surface area contributed by atoms with Crippen LogP contribution in [0.4, 0.5) is 0 Å². The van der Waals surface area contributed by atoms with Crippen molar-refractivity contribution in [1.29, 1.82) is 0 Å². The van der Waals surface area contributed by atoms with Gasteiger partial charge in [-0.15, -0.1) is 6.58 Å². The van der Waals surface area contributed by atoms with E-state index >= 15 is 0 Å². The van der Waals surface area contributed by atoms with Crippen molar-refractivity contribution in [1.82, 2.24) is 14.6 Å². The number of nitrogens with zero attached hydrogens (tertiary/aromatic N) is 2. The smallest absolute Gasteiger partial charge is 0.306 e. The van der Waals surface area contributed by atoms with E-state index in [9.17, 15) is 27.6 Å². The number of hydrogen-bond donors (Lipinski definition) is 1. The first kappa shape index (κ1) is 40.4. The molecule has 3 aromatic rings. The molecule has 302 valence electrons. The summed E-state index contributed by atoms with van der Waals surface area (Å²) in [6, 6.07) is 14.8. The summed E-state index contributed by atoms with van der Waals surface area (Å²) in [6.45, 7) is 13.8. The van der Waals surface area contributed by atoms with Crippen molar-refractivity contribution >= 4 is 50.6 Å². The second-order valence-corrected chi connectivity index (χ2v) is 19.6. The molecule has 12 heteroatoms. The summed E-state index contributed by atoms with van der Waals surface area (Å²) in [5, 5.41) is 0.170. The summed E-state index contributed by atoms with van der Waals surface area (Å²) < 4.78 is 40.5. The molecule has 2 saturated carbocycles. The fourth-order valence-electron chi connectivity index (χ4n) is 8.24. The highest BCUT2D eigenvalue weighted by Gasteiger charge is 2.61. The number of allylic oxidation sites excluding steroid dienone is 2. The summed E-state index contributed by atoms with van der Waals surface area (Å²) in [4.78, 5) is 63.0. The predicted octanol–water partition coefficient (Wildman–Crippen LogP) is 6.97. The van der Waals surface area contributed by atoms with Gasteiger partial charge in [0.2, 0.25) is 21.8 Å². The van der Waals surface area contributed by atoms with E-state index in [-0.39, 0.29) is 56.4 Å². The number of pyridine rings is 1. The van der Waals surface area contributed by atoms with Crippen LogP contribution in [0.1, 0.15) is 83.8 Å². The number of carbonyl (C=O) groups is 4. The summed E-state index contributed by atoms with van der Waals surface area (Å²) in [6.07, 6.45) is 6.66. The summed E-state index contributed by atoms with van der Waals surface area (Å²) >= 11 is 0. The normalized spacial score (nSPS) is 27.5. The quantitative estimate of drug-likeness (QED) is 0.189. The van der Waals surface area contributed by atoms with Gasteiger partial charge in [-0.1, -0.05) is 76.3 Å². The molecular formula is C45H53N3O8S.